The number of hydrogen-bond acceptors (Lipinski definition) is 6. The molecule has 3 rings (SSSR count). The number of carbonyl (C=O) groups excluding carboxylic acids is 1. The van der Waals surface area contributed by atoms with Crippen LogP contribution in [0, 0.1) is 0 Å². The van der Waals surface area contributed by atoms with Crippen molar-refractivity contribution >= 4 is 23.1 Å². The van der Waals surface area contributed by atoms with E-state index in [0.29, 0.717) is 19.1 Å². The van der Waals surface area contributed by atoms with Crippen LogP contribution in [-0.2, 0) is 11.3 Å². The average Bonchev–Trinajstić information content (AvgIpc) is 3.13. The van der Waals surface area contributed by atoms with Crippen LogP contribution in [0.1, 0.15) is 17.7 Å². The van der Waals surface area contributed by atoms with Crippen molar-refractivity contribution in [3.05, 3.63) is 40.7 Å². The summed E-state index contributed by atoms with van der Waals surface area (Å²) in [5.74, 6) is 1.03. The maximum absolute atomic E-state index is 12.3. The van der Waals surface area contributed by atoms with Gasteiger partial charge in [0.15, 0.2) is 5.82 Å². The van der Waals surface area contributed by atoms with Gasteiger partial charge in [0.1, 0.15) is 0 Å². The molecule has 6 nitrogen and oxygen atoms in total. The van der Waals surface area contributed by atoms with Gasteiger partial charge in [0.25, 0.3) is 0 Å². The van der Waals surface area contributed by atoms with Gasteiger partial charge in [-0.05, 0) is 36.4 Å². The van der Waals surface area contributed by atoms with Crippen molar-refractivity contribution in [3.8, 4) is 0 Å². The molecule has 1 N–H and O–H groups in total. The highest BCUT2D eigenvalue weighted by atomic mass is 32.1. The largest absolute Gasteiger partial charge is 0.354 e. The Kier molecular flexibility index (Phi) is 5.77. The van der Waals surface area contributed by atoms with Crippen LogP contribution in [0.4, 0.5) is 5.82 Å². The smallest absolute Gasteiger partial charge is 0.236 e. The number of nitrogens with one attached hydrogen (secondary N) is 1. The molecule has 1 aliphatic heterocycles. The molecule has 1 fully saturated rings. The fourth-order valence-corrected chi connectivity index (χ4v) is 3.66. The summed E-state index contributed by atoms with van der Waals surface area (Å²) in [7, 11) is 1.86. The lowest BCUT2D eigenvalue weighted by Crippen LogP contribution is -2.48. The van der Waals surface area contributed by atoms with Gasteiger partial charge in [-0.1, -0.05) is 6.07 Å². The molecule has 7 heteroatoms. The lowest BCUT2D eigenvalue weighted by atomic mass is 10.1. The fourth-order valence-electron chi connectivity index (χ4n) is 2.90. The minimum Gasteiger partial charge on any atom is -0.354 e. The maximum atomic E-state index is 12.3. The minimum atomic E-state index is 0.125. The fraction of sp³-hybridized carbons (Fsp3) is 0.471. The number of aromatic nitrogens is 2. The first-order valence-electron chi connectivity index (χ1n) is 8.25. The molecule has 24 heavy (non-hydrogen) atoms. The monoisotopic (exact) mass is 345 g/mol. The number of amides is 1. The van der Waals surface area contributed by atoms with Crippen LogP contribution in [0.2, 0.25) is 0 Å². The van der Waals surface area contributed by atoms with Gasteiger partial charge in [-0.15, -0.1) is 16.4 Å². The Bertz CT molecular complexity index is 634. The van der Waals surface area contributed by atoms with Gasteiger partial charge < -0.3 is 15.1 Å². The quantitative estimate of drug-likeness (QED) is 0.864. The summed E-state index contributed by atoms with van der Waals surface area (Å²) in [6.07, 6.45) is 3.86. The van der Waals surface area contributed by atoms with Crippen LogP contribution in [-0.4, -0.2) is 53.7 Å². The van der Waals surface area contributed by atoms with E-state index in [9.17, 15) is 4.79 Å². The number of likely N-dealkylation sites (N-methyl/N-ethyl adjacent to an activating group) is 1. The SMILES string of the molecule is CN(Cc1cccs1)C(=O)CNC1CCCN(c2cccnn2)C1. The third kappa shape index (κ3) is 4.52. The third-order valence-corrected chi connectivity index (χ3v) is 5.11. The van der Waals surface area contributed by atoms with E-state index in [0.717, 1.165) is 31.7 Å². The Morgan fingerprint density at radius 3 is 3.12 bits per heavy atom. The highest BCUT2D eigenvalue weighted by Crippen LogP contribution is 2.16. The lowest BCUT2D eigenvalue weighted by Gasteiger charge is -2.33. The van der Waals surface area contributed by atoms with E-state index in [-0.39, 0.29) is 5.91 Å². The van der Waals surface area contributed by atoms with Crippen LogP contribution < -0.4 is 10.2 Å². The first-order chi connectivity index (χ1) is 11.7. The summed E-state index contributed by atoms with van der Waals surface area (Å²) < 4.78 is 0. The van der Waals surface area contributed by atoms with Gasteiger partial charge in [-0.25, -0.2) is 0 Å². The summed E-state index contributed by atoms with van der Waals surface area (Å²) in [5.41, 5.74) is 0. The van der Waals surface area contributed by atoms with Gasteiger partial charge in [0, 0.05) is 37.3 Å². The van der Waals surface area contributed by atoms with Crippen molar-refractivity contribution in [1.29, 1.82) is 0 Å². The van der Waals surface area contributed by atoms with Crippen molar-refractivity contribution in [3.63, 3.8) is 0 Å². The zero-order chi connectivity index (χ0) is 16.8. The van der Waals surface area contributed by atoms with Crippen molar-refractivity contribution < 1.29 is 4.79 Å². The molecular weight excluding hydrogens is 322 g/mol. The Balaban J connectivity index is 1.46. The summed E-state index contributed by atoms with van der Waals surface area (Å²) in [4.78, 5) is 17.5. The molecule has 2 aromatic rings. The van der Waals surface area contributed by atoms with E-state index in [4.69, 9.17) is 0 Å². The molecule has 1 atom stereocenters. The highest BCUT2D eigenvalue weighted by molar-refractivity contribution is 7.09. The Morgan fingerprint density at radius 1 is 1.46 bits per heavy atom. The molecule has 0 aromatic carbocycles. The predicted octanol–water partition coefficient (Wildman–Crippen LogP) is 1.76. The average molecular weight is 345 g/mol. The zero-order valence-corrected chi connectivity index (χ0v) is 14.7. The Labute approximate surface area is 146 Å². The Morgan fingerprint density at radius 2 is 2.38 bits per heavy atom. The topological polar surface area (TPSA) is 61.4 Å². The van der Waals surface area contributed by atoms with Gasteiger partial charge in [0.05, 0.1) is 13.1 Å². The van der Waals surface area contributed by atoms with Crippen LogP contribution in [0.3, 0.4) is 0 Å². The molecular formula is C17H23N5OS. The molecule has 1 saturated heterocycles. The molecule has 3 heterocycles. The number of piperidine rings is 1. The minimum absolute atomic E-state index is 0.125. The first kappa shape index (κ1) is 16.9. The van der Waals surface area contributed by atoms with Gasteiger partial charge in [-0.3, -0.25) is 4.79 Å². The standard InChI is InChI=1S/C17H23N5OS/c1-21(13-15-6-4-10-24-15)17(23)11-18-14-5-3-9-22(12-14)16-7-2-8-19-20-16/h2,4,6-8,10,14,18H,3,5,9,11-13H2,1H3. The van der Waals surface area contributed by atoms with Crippen molar-refractivity contribution in [2.24, 2.45) is 0 Å². The van der Waals surface area contributed by atoms with Gasteiger partial charge in [0.2, 0.25) is 5.91 Å². The number of carbonyl (C=O) groups is 1. The second-order valence-corrected chi connectivity index (χ2v) is 7.11. The van der Waals surface area contributed by atoms with E-state index >= 15 is 0 Å². The second kappa shape index (κ2) is 8.21. The van der Waals surface area contributed by atoms with Gasteiger partial charge in [-0.2, -0.15) is 5.10 Å². The van der Waals surface area contributed by atoms with Crippen molar-refractivity contribution in [2.45, 2.75) is 25.4 Å². The second-order valence-electron chi connectivity index (χ2n) is 6.08. The normalized spacial score (nSPS) is 17.7. The van der Waals surface area contributed by atoms with E-state index in [1.54, 1.807) is 22.4 Å². The van der Waals surface area contributed by atoms with Crippen LogP contribution in [0.25, 0.3) is 0 Å². The molecule has 1 amide bonds. The number of thiophene rings is 1. The molecule has 0 saturated carbocycles. The lowest BCUT2D eigenvalue weighted by molar-refractivity contribution is -0.129. The van der Waals surface area contributed by atoms with E-state index in [1.807, 2.05) is 30.6 Å². The predicted molar refractivity (Wildman–Crippen MR) is 96.1 cm³/mol. The van der Waals surface area contributed by atoms with Crippen molar-refractivity contribution in [1.82, 2.24) is 20.4 Å². The molecule has 128 valence electrons. The van der Waals surface area contributed by atoms with E-state index in [1.165, 1.54) is 4.88 Å². The summed E-state index contributed by atoms with van der Waals surface area (Å²) >= 11 is 1.68. The van der Waals surface area contributed by atoms with E-state index < -0.39 is 0 Å². The highest BCUT2D eigenvalue weighted by Gasteiger charge is 2.21. The number of rotatable bonds is 6. The molecule has 0 bridgehead atoms. The summed E-state index contributed by atoms with van der Waals surface area (Å²) in [6, 6.07) is 8.26. The number of hydrogen-bond donors (Lipinski definition) is 1. The summed E-state index contributed by atoms with van der Waals surface area (Å²) in [5, 5.41) is 13.6. The molecule has 1 unspecified atom stereocenters. The number of anilines is 1. The molecule has 0 radical (unpaired) electrons. The summed E-state index contributed by atoms with van der Waals surface area (Å²) in [6.45, 7) is 2.90. The zero-order valence-electron chi connectivity index (χ0n) is 13.9. The van der Waals surface area contributed by atoms with Crippen molar-refractivity contribution in [2.75, 3.05) is 31.6 Å². The molecule has 2 aromatic heterocycles. The van der Waals surface area contributed by atoms with Crippen LogP contribution in [0.5, 0.6) is 0 Å². The van der Waals surface area contributed by atoms with Gasteiger partial charge >= 0.3 is 0 Å². The third-order valence-electron chi connectivity index (χ3n) is 4.24. The molecule has 0 spiro atoms. The number of nitrogens with zero attached hydrogens (tertiary/aromatic N) is 4. The first-order valence-corrected chi connectivity index (χ1v) is 9.13. The van der Waals surface area contributed by atoms with Crippen LogP contribution >= 0.6 is 11.3 Å². The van der Waals surface area contributed by atoms with E-state index in [2.05, 4.69) is 26.5 Å². The maximum Gasteiger partial charge on any atom is 0.236 e. The van der Waals surface area contributed by atoms with Crippen LogP contribution in [0.15, 0.2) is 35.8 Å². The molecule has 1 aliphatic rings. The molecule has 0 aliphatic carbocycles. The Hall–Kier alpha value is -1.99.